The minimum atomic E-state index is -1.29. The van der Waals surface area contributed by atoms with E-state index in [-0.39, 0.29) is 18.5 Å². The van der Waals surface area contributed by atoms with Crippen molar-refractivity contribution in [2.75, 3.05) is 13.2 Å². The zero-order valence-corrected chi connectivity index (χ0v) is 14.3. The molecule has 1 saturated heterocycles. The van der Waals surface area contributed by atoms with Crippen molar-refractivity contribution in [3.05, 3.63) is 40.5 Å². The predicted octanol–water partition coefficient (Wildman–Crippen LogP) is 2.20. The molecule has 0 bridgehead atoms. The molecule has 1 aromatic heterocycles. The smallest absolute Gasteiger partial charge is 0.329 e. The number of H-pyrrole nitrogens is 1. The van der Waals surface area contributed by atoms with E-state index in [4.69, 9.17) is 4.74 Å². The SMILES string of the molecule is O=C(NC1(C(=O)O)CCOCC1)c1cc(-c2ccc(Br)cc2)n[nH]1. The number of nitrogens with one attached hydrogen (secondary N) is 2. The van der Waals surface area contributed by atoms with Crippen molar-refractivity contribution < 1.29 is 19.4 Å². The molecule has 24 heavy (non-hydrogen) atoms. The lowest BCUT2D eigenvalue weighted by Crippen LogP contribution is -2.57. The van der Waals surface area contributed by atoms with E-state index in [1.807, 2.05) is 24.3 Å². The van der Waals surface area contributed by atoms with E-state index >= 15 is 0 Å². The number of halogens is 1. The molecule has 0 unspecified atom stereocenters. The largest absolute Gasteiger partial charge is 0.480 e. The summed E-state index contributed by atoms with van der Waals surface area (Å²) in [6.07, 6.45) is 0.476. The molecule has 2 aromatic rings. The molecular weight excluding hydrogens is 378 g/mol. The number of aliphatic carboxylic acids is 1. The third-order valence-electron chi connectivity index (χ3n) is 4.07. The molecule has 126 valence electrons. The summed E-state index contributed by atoms with van der Waals surface area (Å²) in [5, 5.41) is 18.9. The number of aromatic amines is 1. The minimum absolute atomic E-state index is 0.222. The first kappa shape index (κ1) is 16.7. The highest BCUT2D eigenvalue weighted by Crippen LogP contribution is 2.23. The molecule has 7 nitrogen and oxygen atoms in total. The van der Waals surface area contributed by atoms with Gasteiger partial charge in [0, 0.05) is 36.1 Å². The van der Waals surface area contributed by atoms with Crippen molar-refractivity contribution in [3.63, 3.8) is 0 Å². The number of hydrogen-bond acceptors (Lipinski definition) is 4. The zero-order valence-electron chi connectivity index (χ0n) is 12.7. The van der Waals surface area contributed by atoms with Gasteiger partial charge in [-0.1, -0.05) is 28.1 Å². The molecule has 1 fully saturated rings. The molecular formula is C16H16BrN3O4. The lowest BCUT2D eigenvalue weighted by molar-refractivity contribution is -0.148. The van der Waals surface area contributed by atoms with Crippen molar-refractivity contribution in [2.24, 2.45) is 0 Å². The molecule has 0 spiro atoms. The van der Waals surface area contributed by atoms with Gasteiger partial charge in [0.15, 0.2) is 0 Å². The van der Waals surface area contributed by atoms with Crippen LogP contribution in [0.1, 0.15) is 23.3 Å². The molecule has 3 rings (SSSR count). The third kappa shape index (κ3) is 3.34. The summed E-state index contributed by atoms with van der Waals surface area (Å²) >= 11 is 3.36. The monoisotopic (exact) mass is 393 g/mol. The Morgan fingerprint density at radius 3 is 2.54 bits per heavy atom. The van der Waals surface area contributed by atoms with Crippen molar-refractivity contribution in [1.82, 2.24) is 15.5 Å². The Balaban J connectivity index is 1.78. The van der Waals surface area contributed by atoms with Crippen LogP contribution in [0.25, 0.3) is 11.3 Å². The number of ether oxygens (including phenoxy) is 1. The van der Waals surface area contributed by atoms with E-state index in [2.05, 4.69) is 31.4 Å². The molecule has 2 heterocycles. The van der Waals surface area contributed by atoms with Crippen LogP contribution in [0.4, 0.5) is 0 Å². The molecule has 1 aromatic carbocycles. The van der Waals surface area contributed by atoms with Crippen LogP contribution in [-0.4, -0.2) is 45.9 Å². The summed E-state index contributed by atoms with van der Waals surface area (Å²) < 4.78 is 6.14. The Bertz CT molecular complexity index is 751. The summed E-state index contributed by atoms with van der Waals surface area (Å²) in [5.41, 5.74) is 0.398. The van der Waals surface area contributed by atoms with E-state index in [0.717, 1.165) is 10.0 Å². The molecule has 3 N–H and O–H groups in total. The highest BCUT2D eigenvalue weighted by Gasteiger charge is 2.42. The van der Waals surface area contributed by atoms with Crippen LogP contribution in [0, 0.1) is 0 Å². The number of carbonyl (C=O) groups is 2. The van der Waals surface area contributed by atoms with E-state index in [1.165, 1.54) is 0 Å². The second-order valence-corrected chi connectivity index (χ2v) is 6.54. The molecule has 8 heteroatoms. The number of carboxylic acid groups (broad SMARTS) is 1. The Morgan fingerprint density at radius 2 is 1.92 bits per heavy atom. The average Bonchev–Trinajstić information content (AvgIpc) is 3.06. The number of benzene rings is 1. The highest BCUT2D eigenvalue weighted by molar-refractivity contribution is 9.10. The van der Waals surface area contributed by atoms with E-state index < -0.39 is 17.4 Å². The topological polar surface area (TPSA) is 104 Å². The van der Waals surface area contributed by atoms with Crippen LogP contribution in [0.15, 0.2) is 34.8 Å². The van der Waals surface area contributed by atoms with Crippen LogP contribution in [-0.2, 0) is 9.53 Å². The van der Waals surface area contributed by atoms with Gasteiger partial charge >= 0.3 is 5.97 Å². The Labute approximate surface area is 146 Å². The van der Waals surface area contributed by atoms with Crippen LogP contribution in [0.2, 0.25) is 0 Å². The number of carbonyl (C=O) groups excluding carboxylic acids is 1. The van der Waals surface area contributed by atoms with Gasteiger partial charge in [0.25, 0.3) is 5.91 Å². The van der Waals surface area contributed by atoms with Gasteiger partial charge in [-0.25, -0.2) is 4.79 Å². The first-order valence-corrected chi connectivity index (χ1v) is 8.24. The maximum atomic E-state index is 12.4. The summed E-state index contributed by atoms with van der Waals surface area (Å²) in [5.74, 6) is -1.54. The van der Waals surface area contributed by atoms with Crippen molar-refractivity contribution >= 4 is 27.8 Å². The van der Waals surface area contributed by atoms with Gasteiger partial charge in [-0.3, -0.25) is 9.89 Å². The van der Waals surface area contributed by atoms with E-state index in [9.17, 15) is 14.7 Å². The second kappa shape index (κ2) is 6.74. The highest BCUT2D eigenvalue weighted by atomic mass is 79.9. The molecule has 0 atom stereocenters. The number of amides is 1. The van der Waals surface area contributed by atoms with E-state index in [1.54, 1.807) is 6.07 Å². The standard InChI is InChI=1S/C16H16BrN3O4/c17-11-3-1-10(2-4-11)12-9-13(20-19-12)14(21)18-16(15(22)23)5-7-24-8-6-16/h1-4,9H,5-8H2,(H,18,21)(H,19,20)(H,22,23). The summed E-state index contributed by atoms with van der Waals surface area (Å²) in [7, 11) is 0. The molecule has 0 radical (unpaired) electrons. The number of aromatic nitrogens is 2. The maximum Gasteiger partial charge on any atom is 0.329 e. The first-order valence-electron chi connectivity index (χ1n) is 7.45. The fraction of sp³-hybridized carbons (Fsp3) is 0.312. The normalized spacial score (nSPS) is 16.5. The molecule has 0 saturated carbocycles. The molecule has 1 aliphatic heterocycles. The van der Waals surface area contributed by atoms with E-state index in [0.29, 0.717) is 18.9 Å². The summed E-state index contributed by atoms with van der Waals surface area (Å²) in [4.78, 5) is 24.0. The summed E-state index contributed by atoms with van der Waals surface area (Å²) in [6, 6.07) is 9.11. The number of carboxylic acids is 1. The van der Waals surface area contributed by atoms with Gasteiger partial charge in [-0.05, 0) is 18.2 Å². The maximum absolute atomic E-state index is 12.4. The quantitative estimate of drug-likeness (QED) is 0.738. The fourth-order valence-electron chi connectivity index (χ4n) is 2.60. The zero-order chi connectivity index (χ0) is 17.2. The number of rotatable bonds is 4. The lowest BCUT2D eigenvalue weighted by atomic mass is 9.90. The van der Waals surface area contributed by atoms with Gasteiger partial charge in [0.1, 0.15) is 11.2 Å². The van der Waals surface area contributed by atoms with Crippen molar-refractivity contribution in [1.29, 1.82) is 0 Å². The minimum Gasteiger partial charge on any atom is -0.480 e. The summed E-state index contributed by atoms with van der Waals surface area (Å²) in [6.45, 7) is 0.611. The Hall–Kier alpha value is -2.19. The van der Waals surface area contributed by atoms with Crippen molar-refractivity contribution in [2.45, 2.75) is 18.4 Å². The predicted molar refractivity (Wildman–Crippen MR) is 89.6 cm³/mol. The van der Waals surface area contributed by atoms with Crippen LogP contribution < -0.4 is 5.32 Å². The van der Waals surface area contributed by atoms with Gasteiger partial charge in [-0.2, -0.15) is 5.10 Å². The Kier molecular flexibility index (Phi) is 4.68. The first-order chi connectivity index (χ1) is 11.5. The van der Waals surface area contributed by atoms with Gasteiger partial charge in [-0.15, -0.1) is 0 Å². The molecule has 0 aliphatic carbocycles. The lowest BCUT2D eigenvalue weighted by Gasteiger charge is -2.33. The molecule has 1 aliphatic rings. The van der Waals surface area contributed by atoms with Gasteiger partial charge in [0.05, 0.1) is 5.69 Å². The van der Waals surface area contributed by atoms with Gasteiger partial charge < -0.3 is 15.2 Å². The fourth-order valence-corrected chi connectivity index (χ4v) is 2.87. The number of nitrogens with zero attached hydrogens (tertiary/aromatic N) is 1. The van der Waals surface area contributed by atoms with Crippen LogP contribution in [0.5, 0.6) is 0 Å². The second-order valence-electron chi connectivity index (χ2n) is 5.63. The Morgan fingerprint density at radius 1 is 1.25 bits per heavy atom. The van der Waals surface area contributed by atoms with Gasteiger partial charge in [0.2, 0.25) is 0 Å². The number of hydrogen-bond donors (Lipinski definition) is 3. The van der Waals surface area contributed by atoms with Crippen LogP contribution >= 0.6 is 15.9 Å². The average molecular weight is 394 g/mol. The molecule has 1 amide bonds. The third-order valence-corrected chi connectivity index (χ3v) is 4.60. The van der Waals surface area contributed by atoms with Crippen LogP contribution in [0.3, 0.4) is 0 Å². The van der Waals surface area contributed by atoms with Crippen molar-refractivity contribution in [3.8, 4) is 11.3 Å².